The first-order valence-electron chi connectivity index (χ1n) is 4.13. The molecular weight excluding hydrogens is 173 g/mol. The van der Waals surface area contributed by atoms with Gasteiger partial charge in [-0.25, -0.2) is 4.39 Å². The molecule has 13 heavy (non-hydrogen) atoms. The Bertz CT molecular complexity index is 248. The Morgan fingerprint density at radius 1 is 1.77 bits per heavy atom. The van der Waals surface area contributed by atoms with Gasteiger partial charge in [-0.2, -0.15) is 0 Å². The molecule has 4 heteroatoms. The molecule has 1 N–H and O–H groups in total. The van der Waals surface area contributed by atoms with Crippen molar-refractivity contribution in [1.82, 2.24) is 5.32 Å². The van der Waals surface area contributed by atoms with Gasteiger partial charge in [0.05, 0.1) is 19.8 Å². The van der Waals surface area contributed by atoms with Crippen molar-refractivity contribution in [2.75, 3.05) is 19.8 Å². The summed E-state index contributed by atoms with van der Waals surface area (Å²) in [5.74, 6) is 4.62. The molecule has 0 aromatic rings. The third-order valence-corrected chi connectivity index (χ3v) is 1.89. The highest BCUT2D eigenvalue weighted by molar-refractivity contribution is 5.85. The van der Waals surface area contributed by atoms with Crippen LogP contribution in [0.25, 0.3) is 0 Å². The molecule has 0 saturated carbocycles. The summed E-state index contributed by atoms with van der Waals surface area (Å²) in [7, 11) is 0. The molecule has 0 aromatic heterocycles. The summed E-state index contributed by atoms with van der Waals surface area (Å²) in [5.41, 5.74) is -1.84. The van der Waals surface area contributed by atoms with Gasteiger partial charge in [0.15, 0.2) is 0 Å². The van der Waals surface area contributed by atoms with Gasteiger partial charge in [0.1, 0.15) is 0 Å². The van der Waals surface area contributed by atoms with E-state index in [0.29, 0.717) is 6.61 Å². The van der Waals surface area contributed by atoms with E-state index in [-0.39, 0.29) is 19.6 Å². The molecule has 1 saturated heterocycles. The molecule has 0 radical (unpaired) electrons. The molecule has 0 aromatic carbocycles. The van der Waals surface area contributed by atoms with Crippen LogP contribution in [0.3, 0.4) is 0 Å². The Balaban J connectivity index is 2.40. The number of nitrogens with one attached hydrogen (secondary N) is 1. The minimum absolute atomic E-state index is 0.137. The normalized spacial score (nSPS) is 26.3. The average Bonchev–Trinajstić information content (AvgIpc) is 2.54. The zero-order valence-electron chi connectivity index (χ0n) is 7.52. The van der Waals surface area contributed by atoms with Crippen LogP contribution in [-0.4, -0.2) is 31.3 Å². The zero-order chi connectivity index (χ0) is 9.73. The fourth-order valence-electron chi connectivity index (χ4n) is 1.09. The minimum atomic E-state index is -1.84. The zero-order valence-corrected chi connectivity index (χ0v) is 7.52. The molecule has 1 heterocycles. The van der Waals surface area contributed by atoms with Gasteiger partial charge in [0.2, 0.25) is 5.67 Å². The van der Waals surface area contributed by atoms with E-state index >= 15 is 0 Å². The van der Waals surface area contributed by atoms with Gasteiger partial charge < -0.3 is 10.1 Å². The Hall–Kier alpha value is -1.08. The summed E-state index contributed by atoms with van der Waals surface area (Å²) < 4.78 is 18.4. The van der Waals surface area contributed by atoms with Crippen LogP contribution >= 0.6 is 0 Å². The quantitative estimate of drug-likeness (QED) is 0.626. The van der Waals surface area contributed by atoms with E-state index in [2.05, 4.69) is 17.2 Å². The monoisotopic (exact) mass is 185 g/mol. The van der Waals surface area contributed by atoms with Crippen molar-refractivity contribution < 1.29 is 13.9 Å². The van der Waals surface area contributed by atoms with E-state index in [1.807, 2.05) is 0 Å². The number of halogens is 1. The number of hydrogen-bond acceptors (Lipinski definition) is 2. The molecule has 1 aliphatic rings. The second-order valence-corrected chi connectivity index (χ2v) is 2.88. The largest absolute Gasteiger partial charge is 0.377 e. The van der Waals surface area contributed by atoms with Gasteiger partial charge in [-0.3, -0.25) is 4.79 Å². The lowest BCUT2D eigenvalue weighted by molar-refractivity contribution is -0.132. The number of rotatable bonds is 2. The van der Waals surface area contributed by atoms with E-state index in [4.69, 9.17) is 4.74 Å². The smallest absolute Gasteiger partial charge is 0.260 e. The maximum Gasteiger partial charge on any atom is 0.260 e. The van der Waals surface area contributed by atoms with Gasteiger partial charge in [0, 0.05) is 6.42 Å². The van der Waals surface area contributed by atoms with Crippen LogP contribution in [0.2, 0.25) is 0 Å². The Labute approximate surface area is 76.6 Å². The molecule has 1 atom stereocenters. The molecular formula is C9H12FNO2. The molecule has 3 nitrogen and oxygen atoms in total. The Kier molecular flexibility index (Phi) is 3.26. The molecule has 0 aliphatic carbocycles. The fraction of sp³-hybridized carbons (Fsp3) is 0.667. The second kappa shape index (κ2) is 4.24. The lowest BCUT2D eigenvalue weighted by atomic mass is 10.1. The number of carbonyl (C=O) groups is 1. The van der Waals surface area contributed by atoms with Gasteiger partial charge in [0.25, 0.3) is 5.91 Å². The third kappa shape index (κ3) is 2.43. The molecule has 0 bridgehead atoms. The molecule has 1 aliphatic heterocycles. The third-order valence-electron chi connectivity index (χ3n) is 1.89. The number of hydrogen-bond donors (Lipinski definition) is 1. The molecule has 72 valence electrons. The predicted molar refractivity (Wildman–Crippen MR) is 45.7 cm³/mol. The van der Waals surface area contributed by atoms with Gasteiger partial charge in [-0.15, -0.1) is 5.92 Å². The topological polar surface area (TPSA) is 38.3 Å². The van der Waals surface area contributed by atoms with E-state index < -0.39 is 11.6 Å². The molecule has 1 unspecified atom stereocenters. The summed E-state index contributed by atoms with van der Waals surface area (Å²) >= 11 is 0. The highest BCUT2D eigenvalue weighted by Crippen LogP contribution is 2.22. The molecule has 1 rings (SSSR count). The number of carbonyl (C=O) groups excluding carboxylic acids is 1. The summed E-state index contributed by atoms with van der Waals surface area (Å²) in [4.78, 5) is 11.2. The minimum Gasteiger partial charge on any atom is -0.377 e. The predicted octanol–water partition coefficient (Wildman–Crippen LogP) is 0.255. The van der Waals surface area contributed by atoms with Crippen molar-refractivity contribution in [3.63, 3.8) is 0 Å². The number of ether oxygens (including phenoxy) is 1. The van der Waals surface area contributed by atoms with Crippen LogP contribution in [0.5, 0.6) is 0 Å². The Morgan fingerprint density at radius 2 is 2.54 bits per heavy atom. The lowest BCUT2D eigenvalue weighted by Gasteiger charge is -2.14. The highest BCUT2D eigenvalue weighted by atomic mass is 19.1. The van der Waals surface area contributed by atoms with Crippen molar-refractivity contribution >= 4 is 5.91 Å². The first-order valence-corrected chi connectivity index (χ1v) is 4.13. The average molecular weight is 185 g/mol. The maximum atomic E-state index is 13.5. The van der Waals surface area contributed by atoms with Gasteiger partial charge >= 0.3 is 0 Å². The van der Waals surface area contributed by atoms with Crippen molar-refractivity contribution in [1.29, 1.82) is 0 Å². The second-order valence-electron chi connectivity index (χ2n) is 2.88. The summed E-state index contributed by atoms with van der Waals surface area (Å²) in [6.45, 7) is 2.03. The number of alkyl halides is 1. The van der Waals surface area contributed by atoms with Gasteiger partial charge in [-0.1, -0.05) is 5.92 Å². The standard InChI is InChI=1S/C9H12FNO2/c1-2-3-5-11-8(12)9(10)4-6-13-7-9/h4-7H2,1H3,(H,11,12). The van der Waals surface area contributed by atoms with E-state index in [1.165, 1.54) is 0 Å². The van der Waals surface area contributed by atoms with Gasteiger partial charge in [-0.05, 0) is 6.92 Å². The van der Waals surface area contributed by atoms with E-state index in [9.17, 15) is 9.18 Å². The lowest BCUT2D eigenvalue weighted by Crippen LogP contribution is -2.43. The highest BCUT2D eigenvalue weighted by Gasteiger charge is 2.42. The van der Waals surface area contributed by atoms with Crippen molar-refractivity contribution in [3.8, 4) is 11.8 Å². The van der Waals surface area contributed by atoms with Crippen LogP contribution in [0.15, 0.2) is 0 Å². The van der Waals surface area contributed by atoms with Crippen molar-refractivity contribution in [2.45, 2.75) is 19.0 Å². The molecule has 1 amide bonds. The first kappa shape index (κ1) is 10.0. The van der Waals surface area contributed by atoms with Crippen LogP contribution in [-0.2, 0) is 9.53 Å². The fourth-order valence-corrected chi connectivity index (χ4v) is 1.09. The van der Waals surface area contributed by atoms with Crippen LogP contribution in [0, 0.1) is 11.8 Å². The van der Waals surface area contributed by atoms with Crippen molar-refractivity contribution in [3.05, 3.63) is 0 Å². The van der Waals surface area contributed by atoms with Crippen LogP contribution in [0.4, 0.5) is 4.39 Å². The van der Waals surface area contributed by atoms with E-state index in [1.54, 1.807) is 6.92 Å². The van der Waals surface area contributed by atoms with E-state index in [0.717, 1.165) is 0 Å². The van der Waals surface area contributed by atoms with Crippen LogP contribution < -0.4 is 5.32 Å². The van der Waals surface area contributed by atoms with Crippen LogP contribution in [0.1, 0.15) is 13.3 Å². The Morgan fingerprint density at radius 3 is 3.08 bits per heavy atom. The summed E-state index contributed by atoms with van der Waals surface area (Å²) in [6.07, 6.45) is 0.137. The molecule has 0 spiro atoms. The first-order chi connectivity index (χ1) is 6.19. The maximum absolute atomic E-state index is 13.5. The summed E-state index contributed by atoms with van der Waals surface area (Å²) in [5, 5.41) is 2.40. The number of amides is 1. The molecule has 1 fully saturated rings. The SMILES string of the molecule is CC#CCNC(=O)C1(F)CCOC1. The summed E-state index contributed by atoms with van der Waals surface area (Å²) in [6, 6.07) is 0. The van der Waals surface area contributed by atoms with Crippen molar-refractivity contribution in [2.24, 2.45) is 0 Å².